The number of ether oxygens (including phenoxy) is 2. The molecule has 1 saturated heterocycles. The fraction of sp³-hybridized carbons (Fsp3) is 0.545. The Morgan fingerprint density at radius 2 is 2.03 bits per heavy atom. The van der Waals surface area contributed by atoms with Crippen LogP contribution in [0.1, 0.15) is 21.1 Å². The first-order chi connectivity index (χ1) is 14.7. The van der Waals surface area contributed by atoms with Crippen LogP contribution < -0.4 is 15.4 Å². The Balaban J connectivity index is 1.43. The zero-order valence-electron chi connectivity index (χ0n) is 18.2. The molecule has 8 heteroatoms. The van der Waals surface area contributed by atoms with Gasteiger partial charge in [-0.3, -0.25) is 9.89 Å². The van der Waals surface area contributed by atoms with Gasteiger partial charge in [-0.25, -0.2) is 4.98 Å². The van der Waals surface area contributed by atoms with Crippen LogP contribution in [0.15, 0.2) is 29.3 Å². The van der Waals surface area contributed by atoms with Crippen LogP contribution in [0.3, 0.4) is 0 Å². The number of nitrogens with one attached hydrogen (secondary N) is 2. The van der Waals surface area contributed by atoms with Gasteiger partial charge in [0.15, 0.2) is 5.96 Å². The van der Waals surface area contributed by atoms with Crippen molar-refractivity contribution in [2.45, 2.75) is 26.8 Å². The van der Waals surface area contributed by atoms with Gasteiger partial charge in [-0.05, 0) is 19.9 Å². The number of hydrogen-bond donors (Lipinski definition) is 2. The standard InChI is InChI=1S/C22H33N5O2S/c1-17-18(2)30-21(26-17)8-9-24-22(23-3)25-16-19-6-4-5-7-20(19)29-15-12-27-10-13-28-14-11-27/h4-7H,8-16H2,1-3H3,(H2,23,24,25). The predicted molar refractivity (Wildman–Crippen MR) is 123 cm³/mol. The van der Waals surface area contributed by atoms with Crippen LogP contribution in [0, 0.1) is 13.8 Å². The number of rotatable bonds is 9. The molecular formula is C22H33N5O2S. The van der Waals surface area contributed by atoms with Crippen molar-refractivity contribution in [3.63, 3.8) is 0 Å². The monoisotopic (exact) mass is 431 g/mol. The second-order valence-corrected chi connectivity index (χ2v) is 8.55. The number of hydrogen-bond acceptors (Lipinski definition) is 6. The molecule has 164 valence electrons. The Bertz CT molecular complexity index is 798. The lowest BCUT2D eigenvalue weighted by Crippen LogP contribution is -2.39. The second kappa shape index (κ2) is 11.9. The smallest absolute Gasteiger partial charge is 0.191 e. The SMILES string of the molecule is CN=C(NCCc1nc(C)c(C)s1)NCc1ccccc1OCCN1CCOCC1. The zero-order valence-corrected chi connectivity index (χ0v) is 19.1. The van der Waals surface area contributed by atoms with Gasteiger partial charge in [0.1, 0.15) is 12.4 Å². The summed E-state index contributed by atoms with van der Waals surface area (Å²) in [5.74, 6) is 1.70. The first-order valence-electron chi connectivity index (χ1n) is 10.5. The lowest BCUT2D eigenvalue weighted by molar-refractivity contribution is 0.0322. The third kappa shape index (κ3) is 6.97. The van der Waals surface area contributed by atoms with Crippen molar-refractivity contribution in [3.05, 3.63) is 45.4 Å². The van der Waals surface area contributed by atoms with E-state index >= 15 is 0 Å². The van der Waals surface area contributed by atoms with Gasteiger partial charge in [-0.2, -0.15) is 0 Å². The molecular weight excluding hydrogens is 398 g/mol. The minimum atomic E-state index is 0.656. The van der Waals surface area contributed by atoms with E-state index in [1.807, 2.05) is 18.2 Å². The molecule has 2 aromatic rings. The van der Waals surface area contributed by atoms with E-state index in [-0.39, 0.29) is 0 Å². The summed E-state index contributed by atoms with van der Waals surface area (Å²) in [7, 11) is 1.79. The Morgan fingerprint density at radius 1 is 1.23 bits per heavy atom. The van der Waals surface area contributed by atoms with Crippen LogP contribution in [0.4, 0.5) is 0 Å². The van der Waals surface area contributed by atoms with Crippen LogP contribution in [-0.2, 0) is 17.7 Å². The second-order valence-electron chi connectivity index (χ2n) is 7.26. The van der Waals surface area contributed by atoms with E-state index in [2.05, 4.69) is 45.4 Å². The fourth-order valence-electron chi connectivity index (χ4n) is 3.23. The van der Waals surface area contributed by atoms with E-state index in [1.165, 1.54) is 4.88 Å². The maximum absolute atomic E-state index is 6.07. The van der Waals surface area contributed by atoms with Crippen molar-refractivity contribution >= 4 is 17.3 Å². The van der Waals surface area contributed by atoms with Gasteiger partial charge in [0.05, 0.1) is 23.9 Å². The topological polar surface area (TPSA) is 71.0 Å². The first kappa shape index (κ1) is 22.5. The number of aryl methyl sites for hydroxylation is 2. The molecule has 0 spiro atoms. The minimum absolute atomic E-state index is 0.656. The van der Waals surface area contributed by atoms with Gasteiger partial charge in [-0.15, -0.1) is 11.3 Å². The number of aliphatic imine (C=N–C) groups is 1. The van der Waals surface area contributed by atoms with Crippen LogP contribution in [0.25, 0.3) is 0 Å². The van der Waals surface area contributed by atoms with E-state index in [9.17, 15) is 0 Å². The number of para-hydroxylation sites is 1. The van der Waals surface area contributed by atoms with Crippen molar-refractivity contribution in [2.24, 2.45) is 4.99 Å². The molecule has 1 aromatic heterocycles. The van der Waals surface area contributed by atoms with Crippen LogP contribution in [-0.4, -0.2) is 68.9 Å². The molecule has 2 N–H and O–H groups in total. The van der Waals surface area contributed by atoms with Crippen molar-refractivity contribution in [1.29, 1.82) is 0 Å². The molecule has 0 bridgehead atoms. The maximum atomic E-state index is 6.07. The summed E-state index contributed by atoms with van der Waals surface area (Å²) in [6.45, 7) is 10.8. The summed E-state index contributed by atoms with van der Waals surface area (Å²) in [5.41, 5.74) is 2.25. The Hall–Kier alpha value is -2.16. The molecule has 0 amide bonds. The van der Waals surface area contributed by atoms with Crippen molar-refractivity contribution in [3.8, 4) is 5.75 Å². The normalized spacial score (nSPS) is 15.2. The summed E-state index contributed by atoms with van der Waals surface area (Å²) >= 11 is 1.77. The summed E-state index contributed by atoms with van der Waals surface area (Å²) in [4.78, 5) is 12.6. The van der Waals surface area contributed by atoms with E-state index in [1.54, 1.807) is 18.4 Å². The lowest BCUT2D eigenvalue weighted by atomic mass is 10.2. The molecule has 30 heavy (non-hydrogen) atoms. The summed E-state index contributed by atoms with van der Waals surface area (Å²) < 4.78 is 11.5. The number of thiazole rings is 1. The Kier molecular flexibility index (Phi) is 8.92. The van der Waals surface area contributed by atoms with Crippen LogP contribution >= 0.6 is 11.3 Å². The molecule has 1 aliphatic rings. The highest BCUT2D eigenvalue weighted by atomic mass is 32.1. The molecule has 7 nitrogen and oxygen atoms in total. The van der Waals surface area contributed by atoms with Gasteiger partial charge in [0.25, 0.3) is 0 Å². The molecule has 0 radical (unpaired) electrons. The van der Waals surface area contributed by atoms with Gasteiger partial charge in [-0.1, -0.05) is 18.2 Å². The maximum Gasteiger partial charge on any atom is 0.191 e. The van der Waals surface area contributed by atoms with Crippen molar-refractivity contribution in [1.82, 2.24) is 20.5 Å². The first-order valence-corrected chi connectivity index (χ1v) is 11.4. The summed E-state index contributed by atoms with van der Waals surface area (Å²) in [6, 6.07) is 8.17. The van der Waals surface area contributed by atoms with E-state index in [4.69, 9.17) is 9.47 Å². The average molecular weight is 432 g/mol. The number of benzene rings is 1. The molecule has 1 fully saturated rings. The van der Waals surface area contributed by atoms with Crippen molar-refractivity contribution < 1.29 is 9.47 Å². The number of guanidine groups is 1. The van der Waals surface area contributed by atoms with Crippen LogP contribution in [0.2, 0.25) is 0 Å². The molecule has 2 heterocycles. The molecule has 0 unspecified atom stereocenters. The van der Waals surface area contributed by atoms with Crippen molar-refractivity contribution in [2.75, 3.05) is 53.0 Å². The molecule has 0 saturated carbocycles. The van der Waals surface area contributed by atoms with Gasteiger partial charge >= 0.3 is 0 Å². The van der Waals surface area contributed by atoms with Crippen LogP contribution in [0.5, 0.6) is 5.75 Å². The van der Waals surface area contributed by atoms with Gasteiger partial charge < -0.3 is 20.1 Å². The van der Waals surface area contributed by atoms with Gasteiger partial charge in [0, 0.05) is 56.6 Å². The third-order valence-corrected chi connectivity index (χ3v) is 6.25. The highest BCUT2D eigenvalue weighted by Crippen LogP contribution is 2.18. The predicted octanol–water partition coefficient (Wildman–Crippen LogP) is 2.38. The largest absolute Gasteiger partial charge is 0.492 e. The molecule has 1 aromatic carbocycles. The van der Waals surface area contributed by atoms with Gasteiger partial charge in [0.2, 0.25) is 0 Å². The van der Waals surface area contributed by atoms with E-state index in [0.29, 0.717) is 13.2 Å². The fourth-order valence-corrected chi connectivity index (χ4v) is 4.17. The minimum Gasteiger partial charge on any atom is -0.492 e. The number of nitrogens with zero attached hydrogens (tertiary/aromatic N) is 3. The lowest BCUT2D eigenvalue weighted by Gasteiger charge is -2.26. The highest BCUT2D eigenvalue weighted by Gasteiger charge is 2.11. The average Bonchev–Trinajstić information content (AvgIpc) is 3.09. The molecule has 3 rings (SSSR count). The molecule has 1 aliphatic heterocycles. The number of aromatic nitrogens is 1. The van der Waals surface area contributed by atoms with E-state index in [0.717, 1.165) is 73.8 Å². The molecule has 0 atom stereocenters. The number of morpholine rings is 1. The zero-order chi connectivity index (χ0) is 21.2. The molecule has 0 aliphatic carbocycles. The highest BCUT2D eigenvalue weighted by molar-refractivity contribution is 7.11. The Morgan fingerprint density at radius 3 is 2.77 bits per heavy atom. The third-order valence-electron chi connectivity index (χ3n) is 5.12. The Labute approximate surface area is 183 Å². The summed E-state index contributed by atoms with van der Waals surface area (Å²) in [5, 5.41) is 7.91. The quantitative estimate of drug-likeness (QED) is 0.469. The van der Waals surface area contributed by atoms with E-state index < -0.39 is 0 Å². The summed E-state index contributed by atoms with van der Waals surface area (Å²) in [6.07, 6.45) is 0.890.